The third-order valence-electron chi connectivity index (χ3n) is 6.94. The minimum absolute atomic E-state index is 0.113. The largest absolute Gasteiger partial charge is 0.488 e. The van der Waals surface area contributed by atoms with Gasteiger partial charge in [-0.1, -0.05) is 62.1 Å². The summed E-state index contributed by atoms with van der Waals surface area (Å²) in [7, 11) is 0. The van der Waals surface area contributed by atoms with Crippen molar-refractivity contribution in [3.63, 3.8) is 0 Å². The lowest BCUT2D eigenvalue weighted by Crippen LogP contribution is -2.40. The Bertz CT molecular complexity index is 918. The Morgan fingerprint density at radius 2 is 1.66 bits per heavy atom. The number of rotatable bonds is 7. The molecule has 2 aromatic carbocycles. The van der Waals surface area contributed by atoms with Crippen molar-refractivity contribution in [1.29, 1.82) is 0 Å². The number of benzene rings is 2. The van der Waals surface area contributed by atoms with Gasteiger partial charge in [-0.3, -0.25) is 9.59 Å². The van der Waals surface area contributed by atoms with Crippen LogP contribution in [0.5, 0.6) is 5.75 Å². The molecule has 2 aliphatic rings. The average molecular weight is 436 g/mol. The summed E-state index contributed by atoms with van der Waals surface area (Å²) < 4.78 is 6.02. The van der Waals surface area contributed by atoms with Crippen molar-refractivity contribution >= 4 is 11.9 Å². The summed E-state index contributed by atoms with van der Waals surface area (Å²) in [5.41, 5.74) is 2.99. The summed E-state index contributed by atoms with van der Waals surface area (Å²) in [6, 6.07) is 15.8. The van der Waals surface area contributed by atoms with Gasteiger partial charge in [0.1, 0.15) is 12.4 Å². The zero-order valence-electron chi connectivity index (χ0n) is 18.6. The highest BCUT2D eigenvalue weighted by Crippen LogP contribution is 2.32. The maximum atomic E-state index is 12.9. The SMILES string of the molecule is O=C(NC1CCCC(C(=O)O)C1)c1ccccc1OCc1ccc(C2CCCCC2)cc1. The Kier molecular flexibility index (Phi) is 7.46. The molecule has 2 atom stereocenters. The average Bonchev–Trinajstić information content (AvgIpc) is 2.84. The molecule has 0 saturated heterocycles. The van der Waals surface area contributed by atoms with Gasteiger partial charge in [0.05, 0.1) is 11.5 Å². The minimum atomic E-state index is -0.776. The molecule has 4 rings (SSSR count). The standard InChI is InChI=1S/C27H33NO4/c29-26(28-23-10-6-9-22(17-23)27(30)31)24-11-4-5-12-25(24)32-18-19-13-15-21(16-14-19)20-7-2-1-3-8-20/h4-5,11-16,20,22-23H,1-3,6-10,17-18H2,(H,28,29)(H,30,31). The molecule has 0 heterocycles. The number of para-hydroxylation sites is 1. The molecule has 32 heavy (non-hydrogen) atoms. The molecule has 170 valence electrons. The Hall–Kier alpha value is -2.82. The second-order valence-electron chi connectivity index (χ2n) is 9.23. The first-order valence-corrected chi connectivity index (χ1v) is 11.9. The first-order valence-electron chi connectivity index (χ1n) is 11.9. The van der Waals surface area contributed by atoms with Crippen LogP contribution in [-0.4, -0.2) is 23.0 Å². The van der Waals surface area contributed by atoms with Crippen molar-refractivity contribution < 1.29 is 19.4 Å². The van der Waals surface area contributed by atoms with Crippen molar-refractivity contribution in [2.24, 2.45) is 5.92 Å². The van der Waals surface area contributed by atoms with E-state index in [9.17, 15) is 14.7 Å². The third kappa shape index (κ3) is 5.70. The van der Waals surface area contributed by atoms with Crippen LogP contribution in [0.25, 0.3) is 0 Å². The summed E-state index contributed by atoms with van der Waals surface area (Å²) in [6.07, 6.45) is 9.37. The Balaban J connectivity index is 1.36. The third-order valence-corrected chi connectivity index (χ3v) is 6.94. The molecule has 2 saturated carbocycles. The van der Waals surface area contributed by atoms with Crippen LogP contribution in [0.2, 0.25) is 0 Å². The first kappa shape index (κ1) is 22.4. The predicted molar refractivity (Wildman–Crippen MR) is 124 cm³/mol. The zero-order chi connectivity index (χ0) is 22.3. The fraction of sp³-hybridized carbons (Fsp3) is 0.481. The number of amides is 1. The van der Waals surface area contributed by atoms with Crippen LogP contribution in [-0.2, 0) is 11.4 Å². The Labute approximate surface area is 190 Å². The van der Waals surface area contributed by atoms with E-state index in [0.717, 1.165) is 18.4 Å². The van der Waals surface area contributed by atoms with Crippen molar-refractivity contribution in [1.82, 2.24) is 5.32 Å². The number of carboxylic acids is 1. The van der Waals surface area contributed by atoms with Gasteiger partial charge >= 0.3 is 5.97 Å². The molecular weight excluding hydrogens is 402 g/mol. The van der Waals surface area contributed by atoms with Gasteiger partial charge in [-0.25, -0.2) is 0 Å². The van der Waals surface area contributed by atoms with Gasteiger partial charge in [0.15, 0.2) is 0 Å². The van der Waals surface area contributed by atoms with Crippen LogP contribution in [0.1, 0.15) is 85.2 Å². The van der Waals surface area contributed by atoms with Gasteiger partial charge in [0, 0.05) is 6.04 Å². The van der Waals surface area contributed by atoms with Crippen LogP contribution in [0.3, 0.4) is 0 Å². The number of nitrogens with one attached hydrogen (secondary N) is 1. The molecule has 0 spiro atoms. The van der Waals surface area contributed by atoms with Crippen molar-refractivity contribution in [3.8, 4) is 5.75 Å². The molecule has 0 radical (unpaired) electrons. The number of aliphatic carboxylic acids is 1. The fourth-order valence-electron chi connectivity index (χ4n) is 5.07. The summed E-state index contributed by atoms with van der Waals surface area (Å²) in [5, 5.41) is 12.3. The summed E-state index contributed by atoms with van der Waals surface area (Å²) in [6.45, 7) is 0.403. The highest BCUT2D eigenvalue weighted by atomic mass is 16.5. The van der Waals surface area contributed by atoms with E-state index in [1.165, 1.54) is 37.7 Å². The van der Waals surface area contributed by atoms with Crippen LogP contribution in [0, 0.1) is 5.92 Å². The van der Waals surface area contributed by atoms with Crippen LogP contribution in [0.4, 0.5) is 0 Å². The van der Waals surface area contributed by atoms with E-state index >= 15 is 0 Å². The van der Waals surface area contributed by atoms with Gasteiger partial charge in [0.25, 0.3) is 5.91 Å². The lowest BCUT2D eigenvalue weighted by atomic mass is 9.84. The molecular formula is C27H33NO4. The molecule has 0 bridgehead atoms. The normalized spacial score (nSPS) is 21.6. The van der Waals surface area contributed by atoms with Gasteiger partial charge in [-0.15, -0.1) is 0 Å². The fourth-order valence-corrected chi connectivity index (χ4v) is 5.07. The van der Waals surface area contributed by atoms with E-state index in [0.29, 0.717) is 36.7 Å². The van der Waals surface area contributed by atoms with E-state index in [2.05, 4.69) is 29.6 Å². The number of carbonyl (C=O) groups is 2. The number of hydrogen-bond donors (Lipinski definition) is 2. The van der Waals surface area contributed by atoms with Gasteiger partial charge in [-0.05, 0) is 61.3 Å². The van der Waals surface area contributed by atoms with Gasteiger partial charge < -0.3 is 15.2 Å². The van der Waals surface area contributed by atoms with E-state index in [1.807, 2.05) is 18.2 Å². The van der Waals surface area contributed by atoms with Crippen LogP contribution < -0.4 is 10.1 Å². The highest BCUT2D eigenvalue weighted by Gasteiger charge is 2.28. The van der Waals surface area contributed by atoms with E-state index < -0.39 is 5.97 Å². The molecule has 5 heteroatoms. The second kappa shape index (κ2) is 10.7. The molecule has 0 aromatic heterocycles. The summed E-state index contributed by atoms with van der Waals surface area (Å²) in [4.78, 5) is 24.2. The van der Waals surface area contributed by atoms with E-state index in [4.69, 9.17) is 4.74 Å². The molecule has 2 aliphatic carbocycles. The van der Waals surface area contributed by atoms with Crippen molar-refractivity contribution in [2.45, 2.75) is 76.4 Å². The van der Waals surface area contributed by atoms with E-state index in [-0.39, 0.29) is 17.9 Å². The lowest BCUT2D eigenvalue weighted by Gasteiger charge is -2.27. The zero-order valence-corrected chi connectivity index (χ0v) is 18.6. The molecule has 2 aromatic rings. The second-order valence-corrected chi connectivity index (χ2v) is 9.23. The predicted octanol–water partition coefficient (Wildman–Crippen LogP) is 5.69. The number of carbonyl (C=O) groups excluding carboxylic acids is 1. The van der Waals surface area contributed by atoms with Crippen LogP contribution >= 0.6 is 0 Å². The van der Waals surface area contributed by atoms with Crippen molar-refractivity contribution in [3.05, 3.63) is 65.2 Å². The first-order chi connectivity index (χ1) is 15.6. The maximum absolute atomic E-state index is 12.9. The summed E-state index contributed by atoms with van der Waals surface area (Å²) in [5.74, 6) is -0.126. The Morgan fingerprint density at radius 3 is 2.41 bits per heavy atom. The molecule has 0 aliphatic heterocycles. The molecule has 2 unspecified atom stereocenters. The molecule has 2 N–H and O–H groups in total. The quantitative estimate of drug-likeness (QED) is 0.586. The maximum Gasteiger partial charge on any atom is 0.306 e. The number of carboxylic acid groups (broad SMARTS) is 1. The smallest absolute Gasteiger partial charge is 0.306 e. The van der Waals surface area contributed by atoms with Gasteiger partial charge in [-0.2, -0.15) is 0 Å². The number of ether oxygens (including phenoxy) is 1. The molecule has 1 amide bonds. The number of hydrogen-bond acceptors (Lipinski definition) is 3. The van der Waals surface area contributed by atoms with E-state index in [1.54, 1.807) is 6.07 Å². The monoisotopic (exact) mass is 435 g/mol. The van der Waals surface area contributed by atoms with Gasteiger partial charge in [0.2, 0.25) is 0 Å². The minimum Gasteiger partial charge on any atom is -0.488 e. The summed E-state index contributed by atoms with van der Waals surface area (Å²) >= 11 is 0. The lowest BCUT2D eigenvalue weighted by molar-refractivity contribution is -0.143. The highest BCUT2D eigenvalue weighted by molar-refractivity contribution is 5.97. The molecule has 2 fully saturated rings. The van der Waals surface area contributed by atoms with Crippen molar-refractivity contribution in [2.75, 3.05) is 0 Å². The molecule has 5 nitrogen and oxygen atoms in total. The topological polar surface area (TPSA) is 75.6 Å². The Morgan fingerprint density at radius 1 is 0.906 bits per heavy atom. The van der Waals surface area contributed by atoms with Crippen LogP contribution in [0.15, 0.2) is 48.5 Å².